The number of aliphatic imine (C=N–C) groups is 1. The van der Waals surface area contributed by atoms with E-state index in [2.05, 4.69) is 42.2 Å². The fraction of sp³-hybridized carbons (Fsp3) is 0.681. The summed E-state index contributed by atoms with van der Waals surface area (Å²) in [6.45, 7) is 7.76. The van der Waals surface area contributed by atoms with E-state index in [1.165, 1.54) is 0 Å². The fourth-order valence-electron chi connectivity index (χ4n) is 7.61. The molecule has 20 heteroatoms. The van der Waals surface area contributed by atoms with E-state index in [9.17, 15) is 38.4 Å². The van der Waals surface area contributed by atoms with Crippen LogP contribution in [0.5, 0.6) is 0 Å². The van der Waals surface area contributed by atoms with Gasteiger partial charge < -0.3 is 60.2 Å². The summed E-state index contributed by atoms with van der Waals surface area (Å²) in [5.74, 6) is -6.40. The topological polar surface area (TPSA) is 337 Å². The predicted octanol–water partition coefficient (Wildman–Crippen LogP) is 0.539. The molecule has 7 atom stereocenters. The molecule has 0 aliphatic carbocycles. The minimum Gasteiger partial charge on any atom is -0.370 e. The molecule has 1 fully saturated rings. The summed E-state index contributed by atoms with van der Waals surface area (Å²) in [5, 5.41) is 18.9. The van der Waals surface area contributed by atoms with Crippen LogP contribution >= 0.6 is 0 Å². The van der Waals surface area contributed by atoms with Gasteiger partial charge in [0, 0.05) is 25.9 Å². The molecule has 0 spiro atoms. The van der Waals surface area contributed by atoms with E-state index in [0.29, 0.717) is 44.3 Å². The van der Waals surface area contributed by atoms with E-state index in [0.717, 1.165) is 51.4 Å². The van der Waals surface area contributed by atoms with Crippen molar-refractivity contribution < 1.29 is 38.4 Å². The van der Waals surface area contributed by atoms with Gasteiger partial charge in [-0.15, -0.1) is 0 Å². The standard InChI is InChI=1S/C47H80N12O8/c1-5-31(4)40-46(67)58-36(28-38(49)60)43(64)55-33(22-17-18-24-48)41(62)53-29-37(54-39(61)23-16-11-9-7-6-8-10-12-19-25-52-47(50)51)45(66)56-34(26-30(2)3)42(63)57-35(44(65)59-40)27-32-20-14-13-15-21-32/h13-15,20-21,30-31,33-37,40H,5-12,16-19,22-29,48H2,1-4H3,(H2,49,60)(H,53,62)(H,54,61)(H,55,64)(H,56,66)(H,57,63)(H,58,67)(H,59,65)(H4,50,51,52)/t31-,33-,34-,35+,36-,37?,40-/m1/s1. The van der Waals surface area contributed by atoms with Crippen LogP contribution in [0.2, 0.25) is 0 Å². The van der Waals surface area contributed by atoms with Gasteiger partial charge in [0.1, 0.15) is 36.3 Å². The lowest BCUT2D eigenvalue weighted by atomic mass is 9.96. The van der Waals surface area contributed by atoms with Gasteiger partial charge in [0.05, 0.1) is 6.42 Å². The number of nitrogens with one attached hydrogen (secondary N) is 7. The van der Waals surface area contributed by atoms with Crippen LogP contribution < -0.4 is 60.2 Å². The van der Waals surface area contributed by atoms with Crippen molar-refractivity contribution in [2.24, 2.45) is 39.8 Å². The summed E-state index contributed by atoms with van der Waals surface area (Å²) in [6, 6.07) is 1.15. The zero-order valence-corrected chi connectivity index (χ0v) is 40.2. The number of carbonyl (C=O) groups excluding carboxylic acids is 8. The Morgan fingerprint density at radius 3 is 1.84 bits per heavy atom. The van der Waals surface area contributed by atoms with Crippen LogP contribution in [0.1, 0.15) is 136 Å². The first-order valence-corrected chi connectivity index (χ1v) is 24.1. The van der Waals surface area contributed by atoms with Crippen molar-refractivity contribution >= 4 is 53.2 Å². The Bertz CT molecular complexity index is 1760. The average Bonchev–Trinajstić information content (AvgIpc) is 3.27. The molecule has 1 aliphatic heterocycles. The molecule has 0 aromatic heterocycles. The summed E-state index contributed by atoms with van der Waals surface area (Å²) < 4.78 is 0. The van der Waals surface area contributed by atoms with Gasteiger partial charge >= 0.3 is 0 Å². The van der Waals surface area contributed by atoms with Gasteiger partial charge in [-0.05, 0) is 62.5 Å². The largest absolute Gasteiger partial charge is 0.370 e. The monoisotopic (exact) mass is 941 g/mol. The molecule has 1 heterocycles. The Kier molecular flexibility index (Phi) is 27.4. The molecule has 376 valence electrons. The molecule has 1 saturated heterocycles. The number of hydrogen-bond donors (Lipinski definition) is 11. The van der Waals surface area contributed by atoms with Crippen molar-refractivity contribution in [1.82, 2.24) is 37.2 Å². The van der Waals surface area contributed by atoms with Crippen LogP contribution in [-0.4, -0.2) is 109 Å². The maximum atomic E-state index is 14.3. The minimum atomic E-state index is -1.54. The molecule has 15 N–H and O–H groups in total. The molecule has 1 unspecified atom stereocenters. The molecule has 1 aromatic carbocycles. The maximum absolute atomic E-state index is 14.3. The van der Waals surface area contributed by atoms with E-state index in [1.54, 1.807) is 44.2 Å². The number of nitrogens with two attached hydrogens (primary N) is 4. The van der Waals surface area contributed by atoms with Crippen molar-refractivity contribution in [3.63, 3.8) is 0 Å². The normalized spacial score (nSPS) is 21.8. The van der Waals surface area contributed by atoms with Crippen LogP contribution in [0, 0.1) is 11.8 Å². The second-order valence-corrected chi connectivity index (χ2v) is 18.0. The molecule has 0 bridgehead atoms. The van der Waals surface area contributed by atoms with Gasteiger partial charge in [-0.25, -0.2) is 0 Å². The van der Waals surface area contributed by atoms with Crippen molar-refractivity contribution in [2.75, 3.05) is 19.6 Å². The molecule has 1 aliphatic rings. The first-order valence-electron chi connectivity index (χ1n) is 24.1. The quantitative estimate of drug-likeness (QED) is 0.0365. The first-order chi connectivity index (χ1) is 31.9. The third-order valence-electron chi connectivity index (χ3n) is 11.7. The number of amides is 8. The van der Waals surface area contributed by atoms with Crippen molar-refractivity contribution in [1.29, 1.82) is 0 Å². The minimum absolute atomic E-state index is 0.0143. The SMILES string of the molecule is CC[C@@H](C)[C@H]1NC(=O)[C@H](Cc2ccccc2)NC(=O)[C@@H](CC(C)C)NC(=O)C(NC(=O)CCCCCCCCCCCN=C(N)N)CNC(=O)[C@@H](CCCCN)NC(=O)[C@@H](CC(N)=O)NC1=O. The highest BCUT2D eigenvalue weighted by Gasteiger charge is 2.36. The van der Waals surface area contributed by atoms with Gasteiger partial charge in [-0.3, -0.25) is 43.3 Å². The molecular weight excluding hydrogens is 861 g/mol. The number of benzene rings is 1. The Labute approximate surface area is 396 Å². The Morgan fingerprint density at radius 2 is 1.24 bits per heavy atom. The lowest BCUT2D eigenvalue weighted by Crippen LogP contribution is -2.61. The Balaban J connectivity index is 2.46. The average molecular weight is 941 g/mol. The van der Waals surface area contributed by atoms with Crippen LogP contribution in [-0.2, 0) is 44.8 Å². The van der Waals surface area contributed by atoms with Gasteiger partial charge in [-0.2, -0.15) is 0 Å². The molecule has 2 rings (SSSR count). The third-order valence-corrected chi connectivity index (χ3v) is 11.7. The van der Waals surface area contributed by atoms with Gasteiger partial charge in [0.2, 0.25) is 47.3 Å². The first kappa shape index (κ1) is 57.3. The molecule has 8 amide bonds. The van der Waals surface area contributed by atoms with E-state index < -0.39 is 102 Å². The van der Waals surface area contributed by atoms with Crippen molar-refractivity contribution in [2.45, 2.75) is 173 Å². The summed E-state index contributed by atoms with van der Waals surface area (Å²) >= 11 is 0. The summed E-state index contributed by atoms with van der Waals surface area (Å²) in [4.78, 5) is 114. The summed E-state index contributed by atoms with van der Waals surface area (Å²) in [5.41, 5.74) is 22.7. The van der Waals surface area contributed by atoms with Crippen LogP contribution in [0.3, 0.4) is 0 Å². The summed E-state index contributed by atoms with van der Waals surface area (Å²) in [7, 11) is 0. The van der Waals surface area contributed by atoms with Crippen LogP contribution in [0.15, 0.2) is 35.3 Å². The van der Waals surface area contributed by atoms with Crippen LogP contribution in [0.4, 0.5) is 0 Å². The second kappa shape index (κ2) is 32.0. The van der Waals surface area contributed by atoms with Gasteiger partial charge in [0.15, 0.2) is 5.96 Å². The number of unbranched alkanes of at least 4 members (excludes halogenated alkanes) is 9. The smallest absolute Gasteiger partial charge is 0.245 e. The molecule has 20 nitrogen and oxygen atoms in total. The highest BCUT2D eigenvalue weighted by Crippen LogP contribution is 2.14. The number of rotatable bonds is 25. The molecule has 67 heavy (non-hydrogen) atoms. The highest BCUT2D eigenvalue weighted by molar-refractivity contribution is 5.98. The lowest BCUT2D eigenvalue weighted by molar-refractivity contribution is -0.136. The summed E-state index contributed by atoms with van der Waals surface area (Å²) in [6.07, 6.45) is 9.55. The maximum Gasteiger partial charge on any atom is 0.245 e. The third kappa shape index (κ3) is 23.5. The van der Waals surface area contributed by atoms with Crippen LogP contribution in [0.25, 0.3) is 0 Å². The van der Waals surface area contributed by atoms with E-state index in [1.807, 2.05) is 13.8 Å². The molecular formula is C47H80N12O8. The molecule has 0 radical (unpaired) electrons. The fourth-order valence-corrected chi connectivity index (χ4v) is 7.61. The predicted molar refractivity (Wildman–Crippen MR) is 257 cm³/mol. The van der Waals surface area contributed by atoms with E-state index in [4.69, 9.17) is 22.9 Å². The number of guanidine groups is 1. The molecule has 1 aromatic rings. The second-order valence-electron chi connectivity index (χ2n) is 18.0. The van der Waals surface area contributed by atoms with Gasteiger partial charge in [-0.1, -0.05) is 109 Å². The lowest BCUT2D eigenvalue weighted by Gasteiger charge is -2.29. The number of carbonyl (C=O) groups is 8. The van der Waals surface area contributed by atoms with Crippen molar-refractivity contribution in [3.05, 3.63) is 35.9 Å². The Morgan fingerprint density at radius 1 is 0.672 bits per heavy atom. The highest BCUT2D eigenvalue weighted by atomic mass is 16.2. The van der Waals surface area contributed by atoms with E-state index in [-0.39, 0.29) is 37.6 Å². The van der Waals surface area contributed by atoms with Gasteiger partial charge in [0.25, 0.3) is 0 Å². The molecule has 0 saturated carbocycles. The zero-order valence-electron chi connectivity index (χ0n) is 40.2. The number of nitrogens with zero attached hydrogens (tertiary/aromatic N) is 1. The number of primary amides is 1. The van der Waals surface area contributed by atoms with Crippen molar-refractivity contribution in [3.8, 4) is 0 Å². The van der Waals surface area contributed by atoms with E-state index >= 15 is 0 Å². The zero-order chi connectivity index (χ0) is 49.7. The number of hydrogen-bond acceptors (Lipinski definition) is 10. The Hall–Kier alpha value is -5.79.